The lowest BCUT2D eigenvalue weighted by atomic mass is 9.94. The normalized spacial score (nSPS) is 27.4. The van der Waals surface area contributed by atoms with Gasteiger partial charge in [0.15, 0.2) is 0 Å². The summed E-state index contributed by atoms with van der Waals surface area (Å²) in [7, 11) is -4.67. The van der Waals surface area contributed by atoms with Crippen LogP contribution < -0.4 is 0 Å². The summed E-state index contributed by atoms with van der Waals surface area (Å²) in [5.41, 5.74) is 3.22. The zero-order valence-corrected chi connectivity index (χ0v) is 15.0. The lowest BCUT2D eigenvalue weighted by Gasteiger charge is -2.36. The van der Waals surface area contributed by atoms with Crippen molar-refractivity contribution in [3.05, 3.63) is 35.5 Å². The Hall–Kier alpha value is -1.94. The summed E-state index contributed by atoms with van der Waals surface area (Å²) in [5.74, 6) is 0.222. The largest absolute Gasteiger partial charge is 0.394 e. The molecule has 2 bridgehead atoms. The van der Waals surface area contributed by atoms with Crippen LogP contribution in [-0.4, -0.2) is 63.4 Å². The molecule has 2 unspecified atom stereocenters. The first-order chi connectivity index (χ1) is 12.3. The average molecular weight is 379 g/mol. The molecule has 9 heteroatoms. The van der Waals surface area contributed by atoms with E-state index < -0.39 is 10.4 Å². The molecular formula is C17H21N3O5S. The number of rotatable bonds is 0. The maximum atomic E-state index is 13.1. The van der Waals surface area contributed by atoms with Gasteiger partial charge in [0.2, 0.25) is 0 Å². The number of nitrogens with one attached hydrogen (secondary N) is 1. The van der Waals surface area contributed by atoms with E-state index in [4.69, 9.17) is 17.5 Å². The van der Waals surface area contributed by atoms with Gasteiger partial charge < -0.3 is 9.88 Å². The predicted octanol–water partition coefficient (Wildman–Crippen LogP) is 1.71. The topological polar surface area (TPSA) is 114 Å². The van der Waals surface area contributed by atoms with Crippen molar-refractivity contribution < 1.29 is 22.3 Å². The molecule has 4 heterocycles. The first kappa shape index (κ1) is 17.5. The smallest absolute Gasteiger partial charge is 0.350 e. The molecular weight excluding hydrogens is 358 g/mol. The van der Waals surface area contributed by atoms with E-state index in [-0.39, 0.29) is 11.4 Å². The fraction of sp³-hybridized carbons (Fsp3) is 0.471. The van der Waals surface area contributed by atoms with Crippen molar-refractivity contribution in [1.82, 2.24) is 14.8 Å². The van der Waals surface area contributed by atoms with E-state index in [0.717, 1.165) is 50.2 Å². The second kappa shape index (κ2) is 6.05. The lowest BCUT2D eigenvalue weighted by molar-refractivity contribution is 0.0583. The Balaban J connectivity index is 0.000000301. The Morgan fingerprint density at radius 3 is 2.62 bits per heavy atom. The summed E-state index contributed by atoms with van der Waals surface area (Å²) in [4.78, 5) is 21.2. The summed E-state index contributed by atoms with van der Waals surface area (Å²) in [6, 6.07) is 8.29. The molecule has 2 atom stereocenters. The summed E-state index contributed by atoms with van der Waals surface area (Å²) in [6.07, 6.45) is 3.46. The Kier molecular flexibility index (Phi) is 4.07. The molecule has 1 amide bonds. The van der Waals surface area contributed by atoms with Gasteiger partial charge in [-0.3, -0.25) is 18.8 Å². The molecule has 3 aliphatic rings. The van der Waals surface area contributed by atoms with E-state index in [2.05, 4.69) is 33.0 Å². The van der Waals surface area contributed by atoms with E-state index in [1.54, 1.807) is 0 Å². The number of nitrogens with zero attached hydrogens (tertiary/aromatic N) is 2. The lowest BCUT2D eigenvalue weighted by Crippen LogP contribution is -2.50. The fourth-order valence-electron chi connectivity index (χ4n) is 4.66. The van der Waals surface area contributed by atoms with Crippen LogP contribution in [0.25, 0.3) is 10.9 Å². The maximum absolute atomic E-state index is 13.1. The Morgan fingerprint density at radius 1 is 1.12 bits per heavy atom. The van der Waals surface area contributed by atoms with Crippen molar-refractivity contribution in [2.75, 3.05) is 19.6 Å². The SMILES string of the molecule is O=C1c2[nH]c3ccccc3c2CN2CCC3(CCCN13)C2.O=S(=O)(O)O. The first-order valence-electron chi connectivity index (χ1n) is 8.61. The highest BCUT2D eigenvalue weighted by Crippen LogP contribution is 2.42. The molecule has 0 radical (unpaired) electrons. The third-order valence-electron chi connectivity index (χ3n) is 5.66. The number of aromatic amines is 1. The number of H-pyrrole nitrogens is 1. The number of benzene rings is 1. The number of amides is 1. The van der Waals surface area contributed by atoms with Crippen LogP contribution >= 0.6 is 0 Å². The molecule has 8 nitrogen and oxygen atoms in total. The predicted molar refractivity (Wildman–Crippen MR) is 95.4 cm³/mol. The van der Waals surface area contributed by atoms with Crippen molar-refractivity contribution >= 4 is 27.2 Å². The molecule has 3 aliphatic heterocycles. The summed E-state index contributed by atoms with van der Waals surface area (Å²) in [5, 5.41) is 1.21. The molecule has 2 fully saturated rings. The Morgan fingerprint density at radius 2 is 1.85 bits per heavy atom. The van der Waals surface area contributed by atoms with Gasteiger partial charge in [0.05, 0.1) is 5.54 Å². The quantitative estimate of drug-likeness (QED) is 0.601. The van der Waals surface area contributed by atoms with Crippen LogP contribution in [0.1, 0.15) is 35.3 Å². The zero-order valence-electron chi connectivity index (χ0n) is 14.2. The Bertz CT molecular complexity index is 962. The van der Waals surface area contributed by atoms with E-state index in [9.17, 15) is 4.79 Å². The molecule has 2 aromatic rings. The maximum Gasteiger partial charge on any atom is 0.394 e. The number of para-hydroxylation sites is 1. The van der Waals surface area contributed by atoms with Gasteiger partial charge in [0.25, 0.3) is 5.91 Å². The molecule has 26 heavy (non-hydrogen) atoms. The molecule has 3 N–H and O–H groups in total. The van der Waals surface area contributed by atoms with Gasteiger partial charge in [-0.05, 0) is 25.3 Å². The van der Waals surface area contributed by atoms with E-state index in [0.29, 0.717) is 0 Å². The van der Waals surface area contributed by atoms with Gasteiger partial charge in [0, 0.05) is 42.6 Å². The van der Waals surface area contributed by atoms with Crippen LogP contribution in [0.4, 0.5) is 0 Å². The molecule has 1 aromatic carbocycles. The third kappa shape index (κ3) is 3.01. The number of hydrogen-bond donors (Lipinski definition) is 3. The van der Waals surface area contributed by atoms with Crippen LogP contribution in [-0.2, 0) is 16.9 Å². The molecule has 140 valence electrons. The van der Waals surface area contributed by atoms with E-state index in [1.165, 1.54) is 17.4 Å². The van der Waals surface area contributed by atoms with Crippen molar-refractivity contribution in [3.8, 4) is 0 Å². The second-order valence-electron chi connectivity index (χ2n) is 7.22. The number of aromatic nitrogens is 1. The van der Waals surface area contributed by atoms with Gasteiger partial charge >= 0.3 is 10.4 Å². The standard InChI is InChI=1S/C17H19N3O.H2O4S/c21-16-15-13(12-4-1-2-5-14(12)18-15)10-19-9-7-17(11-19)6-3-8-20(16)17;1-5(2,3)4/h1-2,4-5,18H,3,6-11H2;(H2,1,2,3,4). The van der Waals surface area contributed by atoms with Gasteiger partial charge in [-0.25, -0.2) is 0 Å². The minimum Gasteiger partial charge on any atom is -0.350 e. The van der Waals surface area contributed by atoms with Crippen molar-refractivity contribution in [1.29, 1.82) is 0 Å². The first-order valence-corrected chi connectivity index (χ1v) is 10.0. The summed E-state index contributed by atoms with van der Waals surface area (Å²) < 4.78 is 31.6. The molecule has 5 rings (SSSR count). The van der Waals surface area contributed by atoms with Crippen molar-refractivity contribution in [2.45, 2.75) is 31.3 Å². The van der Waals surface area contributed by atoms with E-state index in [1.807, 2.05) is 6.07 Å². The highest BCUT2D eigenvalue weighted by Gasteiger charge is 2.50. The third-order valence-corrected chi connectivity index (χ3v) is 5.66. The molecule has 0 aliphatic carbocycles. The van der Waals surface area contributed by atoms with Crippen LogP contribution in [0.3, 0.4) is 0 Å². The van der Waals surface area contributed by atoms with E-state index >= 15 is 0 Å². The summed E-state index contributed by atoms with van der Waals surface area (Å²) in [6.45, 7) is 3.99. The van der Waals surface area contributed by atoms with Crippen LogP contribution in [0.2, 0.25) is 0 Å². The number of hydrogen-bond acceptors (Lipinski definition) is 4. The van der Waals surface area contributed by atoms with Gasteiger partial charge in [0.1, 0.15) is 5.69 Å². The highest BCUT2D eigenvalue weighted by molar-refractivity contribution is 7.79. The van der Waals surface area contributed by atoms with Crippen LogP contribution in [0, 0.1) is 0 Å². The number of carbonyl (C=O) groups excluding carboxylic acids is 1. The minimum absolute atomic E-state index is 0.117. The Labute approximate surface area is 151 Å². The highest BCUT2D eigenvalue weighted by atomic mass is 32.3. The van der Waals surface area contributed by atoms with Gasteiger partial charge in [-0.1, -0.05) is 18.2 Å². The molecule has 2 saturated heterocycles. The van der Waals surface area contributed by atoms with Crippen LogP contribution in [0.5, 0.6) is 0 Å². The fourth-order valence-corrected chi connectivity index (χ4v) is 4.66. The van der Waals surface area contributed by atoms with Crippen molar-refractivity contribution in [2.24, 2.45) is 0 Å². The summed E-state index contributed by atoms with van der Waals surface area (Å²) >= 11 is 0. The molecule has 0 saturated carbocycles. The monoisotopic (exact) mass is 379 g/mol. The minimum atomic E-state index is -4.67. The molecule has 1 spiro atoms. The number of fused-ring (bicyclic) bond motifs is 4. The van der Waals surface area contributed by atoms with Crippen molar-refractivity contribution in [3.63, 3.8) is 0 Å². The molecule has 1 aromatic heterocycles. The van der Waals surface area contributed by atoms with Crippen LogP contribution in [0.15, 0.2) is 24.3 Å². The number of carbonyl (C=O) groups is 1. The van der Waals surface area contributed by atoms with Gasteiger partial charge in [-0.2, -0.15) is 8.42 Å². The second-order valence-corrected chi connectivity index (χ2v) is 8.11. The average Bonchev–Trinajstić information content (AvgIpc) is 3.24. The zero-order chi connectivity index (χ0) is 18.5. The van der Waals surface area contributed by atoms with Gasteiger partial charge in [-0.15, -0.1) is 0 Å².